The maximum absolute atomic E-state index is 13.1. The molecule has 0 atom stereocenters. The van der Waals surface area contributed by atoms with E-state index in [1.807, 2.05) is 44.2 Å². The first-order valence-electron chi connectivity index (χ1n) is 8.79. The fourth-order valence-corrected chi connectivity index (χ4v) is 2.62. The minimum atomic E-state index is -0.157. The van der Waals surface area contributed by atoms with Gasteiger partial charge in [0, 0.05) is 19.2 Å². The summed E-state index contributed by atoms with van der Waals surface area (Å²) < 4.78 is 11.2. The maximum atomic E-state index is 13.1. The first kappa shape index (κ1) is 19.3. The largest absolute Gasteiger partial charge is 0.494 e. The van der Waals surface area contributed by atoms with Crippen molar-refractivity contribution in [1.29, 1.82) is 5.26 Å². The molecule has 0 aliphatic heterocycles. The number of carbonyl (C=O) groups is 1. The first-order valence-corrected chi connectivity index (χ1v) is 8.79. The highest BCUT2D eigenvalue weighted by Gasteiger charge is 2.20. The van der Waals surface area contributed by atoms with Crippen molar-refractivity contribution in [3.63, 3.8) is 0 Å². The normalized spacial score (nSPS) is 10.0. The van der Waals surface area contributed by atoms with Gasteiger partial charge in [0.1, 0.15) is 11.5 Å². The molecule has 26 heavy (non-hydrogen) atoms. The van der Waals surface area contributed by atoms with Crippen LogP contribution in [0, 0.1) is 11.3 Å². The Bertz CT molecular complexity index is 754. The van der Waals surface area contributed by atoms with E-state index in [1.165, 1.54) is 0 Å². The number of amides is 1. The van der Waals surface area contributed by atoms with Crippen LogP contribution < -0.4 is 9.47 Å². The number of nitriles is 1. The molecular formula is C21H24N2O3. The summed E-state index contributed by atoms with van der Waals surface area (Å²) in [5.41, 5.74) is 1.49. The van der Waals surface area contributed by atoms with E-state index < -0.39 is 0 Å². The Morgan fingerprint density at radius 2 is 1.81 bits per heavy atom. The van der Waals surface area contributed by atoms with Crippen LogP contribution in [0.4, 0.5) is 0 Å². The first-order chi connectivity index (χ1) is 12.7. The fourth-order valence-electron chi connectivity index (χ4n) is 2.62. The Hall–Kier alpha value is -3.00. The van der Waals surface area contributed by atoms with Crippen LogP contribution in [0.15, 0.2) is 48.5 Å². The van der Waals surface area contributed by atoms with Gasteiger partial charge >= 0.3 is 0 Å². The standard InChI is InChI=1S/C21H24N2O3/c1-3-25-18-11-12-19(20(15-18)26-4-2)21(24)23(14-8-13-22)16-17-9-6-5-7-10-17/h5-7,9-12,15H,3-4,8,14,16H2,1-2H3. The molecule has 0 heterocycles. The molecule has 2 aromatic rings. The molecule has 0 aliphatic rings. The van der Waals surface area contributed by atoms with E-state index in [4.69, 9.17) is 14.7 Å². The van der Waals surface area contributed by atoms with Crippen LogP contribution >= 0.6 is 0 Å². The van der Waals surface area contributed by atoms with Gasteiger partial charge in [0.25, 0.3) is 5.91 Å². The van der Waals surface area contributed by atoms with Gasteiger partial charge in [-0.25, -0.2) is 0 Å². The van der Waals surface area contributed by atoms with Crippen LogP contribution in [0.1, 0.15) is 36.2 Å². The zero-order valence-electron chi connectivity index (χ0n) is 15.3. The SMILES string of the molecule is CCOc1ccc(C(=O)N(CCC#N)Cc2ccccc2)c(OCC)c1. The highest BCUT2D eigenvalue weighted by Crippen LogP contribution is 2.27. The third-order valence-corrected chi connectivity index (χ3v) is 3.79. The minimum Gasteiger partial charge on any atom is -0.494 e. The molecule has 136 valence electrons. The lowest BCUT2D eigenvalue weighted by Crippen LogP contribution is -2.31. The molecule has 0 aromatic heterocycles. The van der Waals surface area contributed by atoms with Gasteiger partial charge in [0.15, 0.2) is 0 Å². The predicted octanol–water partition coefficient (Wildman–Crippen LogP) is 4.04. The van der Waals surface area contributed by atoms with Crippen molar-refractivity contribution in [3.05, 3.63) is 59.7 Å². The van der Waals surface area contributed by atoms with Gasteiger partial charge in [-0.1, -0.05) is 30.3 Å². The van der Waals surface area contributed by atoms with Gasteiger partial charge < -0.3 is 14.4 Å². The Morgan fingerprint density at radius 1 is 1.08 bits per heavy atom. The van der Waals surface area contributed by atoms with Crippen LogP contribution in [0.2, 0.25) is 0 Å². The van der Waals surface area contributed by atoms with Crippen molar-refractivity contribution in [2.24, 2.45) is 0 Å². The maximum Gasteiger partial charge on any atom is 0.257 e. The zero-order chi connectivity index (χ0) is 18.8. The lowest BCUT2D eigenvalue weighted by Gasteiger charge is -2.23. The summed E-state index contributed by atoms with van der Waals surface area (Å²) in [4.78, 5) is 14.8. The van der Waals surface area contributed by atoms with E-state index in [0.717, 1.165) is 5.56 Å². The Balaban J connectivity index is 2.29. The van der Waals surface area contributed by atoms with Crippen LogP contribution in [0.5, 0.6) is 11.5 Å². The third kappa shape index (κ3) is 5.25. The Labute approximate surface area is 154 Å². The van der Waals surface area contributed by atoms with E-state index in [-0.39, 0.29) is 12.3 Å². The van der Waals surface area contributed by atoms with Gasteiger partial charge in [-0.15, -0.1) is 0 Å². The Morgan fingerprint density at radius 3 is 2.46 bits per heavy atom. The molecule has 1 amide bonds. The fraction of sp³-hybridized carbons (Fsp3) is 0.333. The topological polar surface area (TPSA) is 62.6 Å². The highest BCUT2D eigenvalue weighted by atomic mass is 16.5. The lowest BCUT2D eigenvalue weighted by molar-refractivity contribution is 0.0742. The van der Waals surface area contributed by atoms with Crippen molar-refractivity contribution in [2.75, 3.05) is 19.8 Å². The van der Waals surface area contributed by atoms with E-state index in [1.54, 1.807) is 23.1 Å². The number of nitrogens with zero attached hydrogens (tertiary/aromatic N) is 2. The average Bonchev–Trinajstić information content (AvgIpc) is 2.66. The molecule has 0 unspecified atom stereocenters. The van der Waals surface area contributed by atoms with Crippen LogP contribution in [0.25, 0.3) is 0 Å². The zero-order valence-corrected chi connectivity index (χ0v) is 15.3. The van der Waals surface area contributed by atoms with Gasteiger partial charge in [0.05, 0.1) is 31.3 Å². The van der Waals surface area contributed by atoms with Crippen molar-refractivity contribution in [1.82, 2.24) is 4.90 Å². The molecule has 0 spiro atoms. The summed E-state index contributed by atoms with van der Waals surface area (Å²) in [5, 5.41) is 8.94. The molecular weight excluding hydrogens is 328 g/mol. The van der Waals surface area contributed by atoms with E-state index in [2.05, 4.69) is 6.07 Å². The summed E-state index contributed by atoms with van der Waals surface area (Å²) in [6.07, 6.45) is 0.277. The van der Waals surface area contributed by atoms with Crippen molar-refractivity contribution >= 4 is 5.91 Å². The number of carbonyl (C=O) groups excluding carboxylic acids is 1. The van der Waals surface area contributed by atoms with Crippen LogP contribution in [-0.2, 0) is 6.54 Å². The molecule has 0 fully saturated rings. The van der Waals surface area contributed by atoms with Gasteiger partial charge in [0.2, 0.25) is 0 Å². The minimum absolute atomic E-state index is 0.157. The number of benzene rings is 2. The predicted molar refractivity (Wildman–Crippen MR) is 100 cm³/mol. The molecule has 0 aliphatic carbocycles. The van der Waals surface area contributed by atoms with Gasteiger partial charge in [-0.2, -0.15) is 5.26 Å². The van der Waals surface area contributed by atoms with Crippen LogP contribution in [0.3, 0.4) is 0 Å². The number of hydrogen-bond acceptors (Lipinski definition) is 4. The summed E-state index contributed by atoms with van der Waals surface area (Å²) in [6, 6.07) is 17.1. The smallest absolute Gasteiger partial charge is 0.257 e. The average molecular weight is 352 g/mol. The molecule has 0 bridgehead atoms. The molecule has 0 radical (unpaired) electrons. The van der Waals surface area contributed by atoms with Crippen LogP contribution in [-0.4, -0.2) is 30.6 Å². The molecule has 0 N–H and O–H groups in total. The molecule has 0 saturated heterocycles. The second-order valence-electron chi connectivity index (χ2n) is 5.64. The molecule has 2 rings (SSSR count). The third-order valence-electron chi connectivity index (χ3n) is 3.79. The summed E-state index contributed by atoms with van der Waals surface area (Å²) in [7, 11) is 0. The lowest BCUT2D eigenvalue weighted by atomic mass is 10.1. The van der Waals surface area contributed by atoms with E-state index >= 15 is 0 Å². The molecule has 0 saturated carbocycles. The number of rotatable bonds is 9. The summed E-state index contributed by atoms with van der Waals surface area (Å²) >= 11 is 0. The second-order valence-corrected chi connectivity index (χ2v) is 5.64. The van der Waals surface area contributed by atoms with Gasteiger partial charge in [-0.3, -0.25) is 4.79 Å². The second kappa shape index (κ2) is 10.1. The highest BCUT2D eigenvalue weighted by molar-refractivity contribution is 5.97. The molecule has 5 nitrogen and oxygen atoms in total. The van der Waals surface area contributed by atoms with Crippen molar-refractivity contribution in [3.8, 4) is 17.6 Å². The molecule has 5 heteroatoms. The molecule has 2 aromatic carbocycles. The van der Waals surface area contributed by atoms with Gasteiger partial charge in [-0.05, 0) is 31.5 Å². The van der Waals surface area contributed by atoms with E-state index in [0.29, 0.717) is 43.4 Å². The number of ether oxygens (including phenoxy) is 2. The summed E-state index contributed by atoms with van der Waals surface area (Å²) in [6.45, 7) is 5.58. The van der Waals surface area contributed by atoms with Crippen molar-refractivity contribution < 1.29 is 14.3 Å². The van der Waals surface area contributed by atoms with Crippen molar-refractivity contribution in [2.45, 2.75) is 26.8 Å². The monoisotopic (exact) mass is 352 g/mol. The summed E-state index contributed by atoms with van der Waals surface area (Å²) in [5.74, 6) is 1.01. The number of hydrogen-bond donors (Lipinski definition) is 0. The van der Waals surface area contributed by atoms with E-state index in [9.17, 15) is 4.79 Å². The quantitative estimate of drug-likeness (QED) is 0.683. The Kier molecular flexibility index (Phi) is 7.50.